The Morgan fingerprint density at radius 2 is 1.78 bits per heavy atom. The number of benzene rings is 1. The van der Waals surface area contributed by atoms with Gasteiger partial charge in [0.05, 0.1) is 0 Å². The predicted molar refractivity (Wildman–Crippen MR) is 77.3 cm³/mol. The van der Waals surface area contributed by atoms with Crippen LogP contribution in [0.25, 0.3) is 0 Å². The van der Waals surface area contributed by atoms with Crippen molar-refractivity contribution in [2.45, 2.75) is 53.0 Å². The number of anilines is 1. The molecule has 0 unspecified atom stereocenters. The molecular weight excluding hydrogens is 225 g/mol. The van der Waals surface area contributed by atoms with Crippen LogP contribution in [0.4, 0.5) is 10.1 Å². The predicted octanol–water partition coefficient (Wildman–Crippen LogP) is 5.13. The van der Waals surface area contributed by atoms with Gasteiger partial charge in [-0.05, 0) is 57.9 Å². The quantitative estimate of drug-likeness (QED) is 0.699. The van der Waals surface area contributed by atoms with Crippen molar-refractivity contribution in [2.24, 2.45) is 0 Å². The van der Waals surface area contributed by atoms with Gasteiger partial charge in [-0.25, -0.2) is 4.39 Å². The highest BCUT2D eigenvalue weighted by atomic mass is 19.1. The maximum absolute atomic E-state index is 13.0. The van der Waals surface area contributed by atoms with E-state index in [2.05, 4.69) is 45.6 Å². The molecule has 0 saturated heterocycles. The largest absolute Gasteiger partial charge is 0.340 e. The fourth-order valence-corrected chi connectivity index (χ4v) is 2.17. The Bertz CT molecular complexity index is 404. The van der Waals surface area contributed by atoms with Gasteiger partial charge < -0.3 is 4.90 Å². The zero-order chi connectivity index (χ0) is 13.8. The summed E-state index contributed by atoms with van der Waals surface area (Å²) in [5.74, 6) is -0.190. The molecule has 0 aliphatic heterocycles. The van der Waals surface area contributed by atoms with Gasteiger partial charge in [0.2, 0.25) is 0 Å². The molecule has 0 spiro atoms. The second-order valence-corrected chi connectivity index (χ2v) is 5.23. The Morgan fingerprint density at radius 1 is 1.22 bits per heavy atom. The van der Waals surface area contributed by atoms with Crippen LogP contribution in [0.3, 0.4) is 0 Å². The molecule has 0 heterocycles. The normalized spacial score (nSPS) is 12.7. The van der Waals surface area contributed by atoms with Crippen LogP contribution in [0.1, 0.15) is 47.5 Å². The third-order valence-corrected chi connectivity index (χ3v) is 3.41. The maximum atomic E-state index is 13.0. The van der Waals surface area contributed by atoms with Gasteiger partial charge in [-0.2, -0.15) is 0 Å². The van der Waals surface area contributed by atoms with Crippen LogP contribution in [0.5, 0.6) is 0 Å². The van der Waals surface area contributed by atoms with Crippen molar-refractivity contribution in [1.29, 1.82) is 0 Å². The first kappa shape index (κ1) is 14.7. The van der Waals surface area contributed by atoms with Gasteiger partial charge in [-0.15, -0.1) is 0 Å². The van der Waals surface area contributed by atoms with E-state index in [4.69, 9.17) is 0 Å². The number of halogens is 1. The molecule has 0 aromatic heterocycles. The van der Waals surface area contributed by atoms with Crippen LogP contribution in [-0.4, -0.2) is 5.54 Å². The van der Waals surface area contributed by atoms with Crippen molar-refractivity contribution < 1.29 is 4.39 Å². The Morgan fingerprint density at radius 3 is 2.22 bits per heavy atom. The number of nitrogens with zero attached hydrogens (tertiary/aromatic N) is 1. The first-order valence-electron chi connectivity index (χ1n) is 6.65. The molecule has 1 aromatic carbocycles. The summed E-state index contributed by atoms with van der Waals surface area (Å²) in [5, 5.41) is 0. The average molecular weight is 249 g/mol. The first-order valence-corrected chi connectivity index (χ1v) is 6.65. The first-order chi connectivity index (χ1) is 8.42. The summed E-state index contributed by atoms with van der Waals surface area (Å²) in [6.45, 7) is 10.8. The van der Waals surface area contributed by atoms with Crippen LogP contribution in [0.15, 0.2) is 36.0 Å². The molecule has 0 amide bonds. The molecule has 0 aliphatic rings. The minimum absolute atomic E-state index is 0.0214. The summed E-state index contributed by atoms with van der Waals surface area (Å²) in [5.41, 5.74) is 2.29. The molecule has 0 radical (unpaired) electrons. The van der Waals surface area contributed by atoms with E-state index in [1.807, 2.05) is 12.1 Å². The lowest BCUT2D eigenvalue weighted by molar-refractivity contribution is 0.472. The Kier molecular flexibility index (Phi) is 4.94. The summed E-state index contributed by atoms with van der Waals surface area (Å²) in [4.78, 5) is 2.29. The molecule has 0 fully saturated rings. The van der Waals surface area contributed by atoms with Crippen molar-refractivity contribution in [3.63, 3.8) is 0 Å². The van der Waals surface area contributed by atoms with Gasteiger partial charge in [0.25, 0.3) is 0 Å². The Balaban J connectivity index is 3.20. The van der Waals surface area contributed by atoms with Gasteiger partial charge in [0.15, 0.2) is 0 Å². The molecule has 0 atom stereocenters. The maximum Gasteiger partial charge on any atom is 0.123 e. The molecule has 0 N–H and O–H groups in total. The Labute approximate surface area is 110 Å². The van der Waals surface area contributed by atoms with E-state index in [-0.39, 0.29) is 11.4 Å². The lowest BCUT2D eigenvalue weighted by Crippen LogP contribution is -2.42. The molecule has 0 saturated carbocycles. The minimum Gasteiger partial charge on any atom is -0.340 e. The highest BCUT2D eigenvalue weighted by molar-refractivity contribution is 5.54. The molecule has 1 nitrogen and oxygen atoms in total. The molecule has 1 rings (SSSR count). The Hall–Kier alpha value is -1.31. The molecule has 0 aliphatic carbocycles. The van der Waals surface area contributed by atoms with E-state index < -0.39 is 0 Å². The third kappa shape index (κ3) is 3.34. The zero-order valence-electron chi connectivity index (χ0n) is 12.1. The van der Waals surface area contributed by atoms with Crippen LogP contribution in [0, 0.1) is 5.82 Å². The van der Waals surface area contributed by atoms with E-state index in [0.29, 0.717) is 0 Å². The number of hydrogen-bond donors (Lipinski definition) is 0. The van der Waals surface area contributed by atoms with Crippen molar-refractivity contribution in [3.05, 3.63) is 41.9 Å². The summed E-state index contributed by atoms with van der Waals surface area (Å²) >= 11 is 0. The average Bonchev–Trinajstić information content (AvgIpc) is 2.32. The van der Waals surface area contributed by atoms with Gasteiger partial charge in [0, 0.05) is 16.9 Å². The molecule has 2 heteroatoms. The zero-order valence-corrected chi connectivity index (χ0v) is 12.1. The highest BCUT2D eigenvalue weighted by Gasteiger charge is 2.26. The van der Waals surface area contributed by atoms with Crippen LogP contribution in [-0.2, 0) is 0 Å². The molecular formula is C16H24FN. The minimum atomic E-state index is -0.190. The summed E-state index contributed by atoms with van der Waals surface area (Å²) in [6, 6.07) is 6.74. The standard InChI is InChI=1S/C16H24FN/c1-6-8-13(3)18(16(4,5)7-2)15-11-9-14(17)10-12-15/h8-12H,6-7H2,1-5H3/b13-8+. The number of allylic oxidation sites excluding steroid dienone is 2. The second-order valence-electron chi connectivity index (χ2n) is 5.23. The van der Waals surface area contributed by atoms with Crippen molar-refractivity contribution >= 4 is 5.69 Å². The fourth-order valence-electron chi connectivity index (χ4n) is 2.17. The molecule has 18 heavy (non-hydrogen) atoms. The third-order valence-electron chi connectivity index (χ3n) is 3.41. The smallest absolute Gasteiger partial charge is 0.123 e. The van der Waals surface area contributed by atoms with Crippen LogP contribution in [0.2, 0.25) is 0 Å². The number of hydrogen-bond acceptors (Lipinski definition) is 1. The van der Waals surface area contributed by atoms with Crippen LogP contribution < -0.4 is 4.90 Å². The van der Waals surface area contributed by atoms with E-state index in [1.165, 1.54) is 17.8 Å². The molecule has 1 aromatic rings. The monoisotopic (exact) mass is 249 g/mol. The molecule has 0 bridgehead atoms. The van der Waals surface area contributed by atoms with E-state index in [9.17, 15) is 4.39 Å². The molecule has 100 valence electrons. The summed E-state index contributed by atoms with van der Waals surface area (Å²) < 4.78 is 13.0. The van der Waals surface area contributed by atoms with Gasteiger partial charge in [-0.3, -0.25) is 0 Å². The fraction of sp³-hybridized carbons (Fsp3) is 0.500. The van der Waals surface area contributed by atoms with Gasteiger partial charge in [0.1, 0.15) is 5.82 Å². The second kappa shape index (κ2) is 6.03. The summed E-state index contributed by atoms with van der Waals surface area (Å²) in [7, 11) is 0. The van der Waals surface area contributed by atoms with E-state index in [1.54, 1.807) is 0 Å². The number of rotatable bonds is 5. The van der Waals surface area contributed by atoms with Crippen LogP contribution >= 0.6 is 0 Å². The lowest BCUT2D eigenvalue weighted by Gasteiger charge is -2.40. The lowest BCUT2D eigenvalue weighted by atomic mass is 9.97. The van der Waals surface area contributed by atoms with Gasteiger partial charge in [-0.1, -0.05) is 19.9 Å². The van der Waals surface area contributed by atoms with Crippen molar-refractivity contribution in [3.8, 4) is 0 Å². The van der Waals surface area contributed by atoms with Gasteiger partial charge >= 0.3 is 0 Å². The van der Waals surface area contributed by atoms with Crippen molar-refractivity contribution in [1.82, 2.24) is 0 Å². The van der Waals surface area contributed by atoms with E-state index in [0.717, 1.165) is 18.5 Å². The SMILES string of the molecule is CC/C=C(\C)N(c1ccc(F)cc1)C(C)(C)CC. The van der Waals surface area contributed by atoms with Crippen molar-refractivity contribution in [2.75, 3.05) is 4.90 Å². The topological polar surface area (TPSA) is 3.24 Å². The summed E-state index contributed by atoms with van der Waals surface area (Å²) in [6.07, 6.45) is 4.24. The van der Waals surface area contributed by atoms with E-state index >= 15 is 0 Å². The highest BCUT2D eigenvalue weighted by Crippen LogP contribution is 2.30.